The molecule has 164 valence electrons. The molecule has 0 saturated carbocycles. The van der Waals surface area contributed by atoms with Gasteiger partial charge in [0.15, 0.2) is 0 Å². The van der Waals surface area contributed by atoms with Crippen molar-refractivity contribution in [3.63, 3.8) is 0 Å². The molecule has 0 radical (unpaired) electrons. The summed E-state index contributed by atoms with van der Waals surface area (Å²) in [6.07, 6.45) is 3.69. The summed E-state index contributed by atoms with van der Waals surface area (Å²) in [6, 6.07) is 25.7. The van der Waals surface area contributed by atoms with E-state index in [4.69, 9.17) is 9.15 Å². The number of ether oxygens (including phenoxy) is 1. The Hall–Kier alpha value is -3.04. The molecular formula is C29H31NO2. The summed E-state index contributed by atoms with van der Waals surface area (Å²) < 4.78 is 12.0. The van der Waals surface area contributed by atoms with Gasteiger partial charge >= 0.3 is 0 Å². The number of rotatable bonds is 6. The van der Waals surface area contributed by atoms with Crippen LogP contribution in [0.15, 0.2) is 77.2 Å². The van der Waals surface area contributed by atoms with Gasteiger partial charge in [-0.1, -0.05) is 60.7 Å². The number of fused-ring (bicyclic) bond motifs is 1. The summed E-state index contributed by atoms with van der Waals surface area (Å²) in [6.45, 7) is 5.21. The lowest BCUT2D eigenvalue weighted by Gasteiger charge is -2.32. The Bertz CT molecular complexity index is 1170. The zero-order valence-electron chi connectivity index (χ0n) is 19.0. The van der Waals surface area contributed by atoms with E-state index in [1.807, 2.05) is 13.0 Å². The quantitative estimate of drug-likeness (QED) is 0.337. The Kier molecular flexibility index (Phi) is 6.00. The van der Waals surface area contributed by atoms with Gasteiger partial charge in [0.05, 0.1) is 7.11 Å². The Labute approximate surface area is 190 Å². The summed E-state index contributed by atoms with van der Waals surface area (Å²) >= 11 is 0. The van der Waals surface area contributed by atoms with Gasteiger partial charge in [-0.15, -0.1) is 0 Å². The Morgan fingerprint density at radius 1 is 0.938 bits per heavy atom. The minimum absolute atomic E-state index is 0.777. The van der Waals surface area contributed by atoms with E-state index in [0.29, 0.717) is 0 Å². The molecule has 0 bridgehead atoms. The van der Waals surface area contributed by atoms with Gasteiger partial charge in [0.25, 0.3) is 0 Å². The fourth-order valence-corrected chi connectivity index (χ4v) is 5.10. The van der Waals surface area contributed by atoms with Crippen LogP contribution in [0.4, 0.5) is 0 Å². The second-order valence-electron chi connectivity index (χ2n) is 8.97. The summed E-state index contributed by atoms with van der Waals surface area (Å²) in [4.78, 5) is 2.55. The average molecular weight is 426 g/mol. The number of furan rings is 1. The summed E-state index contributed by atoms with van der Waals surface area (Å²) in [5.41, 5.74) is 5.94. The molecule has 2 heterocycles. The molecule has 0 spiro atoms. The number of benzene rings is 3. The molecule has 5 rings (SSSR count). The van der Waals surface area contributed by atoms with Gasteiger partial charge in [-0.2, -0.15) is 0 Å². The molecule has 1 saturated heterocycles. The zero-order valence-corrected chi connectivity index (χ0v) is 19.0. The van der Waals surface area contributed by atoms with E-state index in [-0.39, 0.29) is 0 Å². The van der Waals surface area contributed by atoms with Crippen LogP contribution in [0.25, 0.3) is 22.1 Å². The van der Waals surface area contributed by atoms with Crippen molar-refractivity contribution < 1.29 is 9.15 Å². The molecule has 0 atom stereocenters. The second kappa shape index (κ2) is 9.22. The third-order valence-electron chi connectivity index (χ3n) is 6.80. The standard InChI is InChI=1S/C29H31NO2/c1-21-29(24-11-7-4-8-12-24)26-19-27(31-2)25(18-28(26)32-21)20-30-15-13-23(14-16-30)17-22-9-5-3-6-10-22/h3-12,18-19,23H,13-17,20H2,1-2H3. The van der Waals surface area contributed by atoms with Crippen molar-refractivity contribution in [3.05, 3.63) is 89.7 Å². The minimum Gasteiger partial charge on any atom is -0.496 e. The van der Waals surface area contributed by atoms with Gasteiger partial charge in [-0.3, -0.25) is 4.90 Å². The van der Waals surface area contributed by atoms with Crippen LogP contribution in [0.3, 0.4) is 0 Å². The van der Waals surface area contributed by atoms with Crippen LogP contribution in [-0.4, -0.2) is 25.1 Å². The van der Waals surface area contributed by atoms with Crippen LogP contribution in [0.1, 0.15) is 29.7 Å². The number of nitrogens with zero attached hydrogens (tertiary/aromatic N) is 1. The molecule has 1 aromatic heterocycles. The molecule has 1 fully saturated rings. The number of hydrogen-bond donors (Lipinski definition) is 0. The van der Waals surface area contributed by atoms with Crippen LogP contribution in [0.2, 0.25) is 0 Å². The van der Waals surface area contributed by atoms with Crippen LogP contribution >= 0.6 is 0 Å². The van der Waals surface area contributed by atoms with Crippen LogP contribution in [0.5, 0.6) is 5.75 Å². The van der Waals surface area contributed by atoms with Crippen molar-refractivity contribution in [3.8, 4) is 16.9 Å². The van der Waals surface area contributed by atoms with Gasteiger partial charge in [-0.25, -0.2) is 0 Å². The molecule has 4 aromatic rings. The number of methoxy groups -OCH3 is 1. The van der Waals surface area contributed by atoms with Gasteiger partial charge in [0.1, 0.15) is 17.1 Å². The highest BCUT2D eigenvalue weighted by atomic mass is 16.5. The van der Waals surface area contributed by atoms with Gasteiger partial charge in [-0.05, 0) is 68.5 Å². The lowest BCUT2D eigenvalue weighted by atomic mass is 9.90. The van der Waals surface area contributed by atoms with E-state index >= 15 is 0 Å². The normalized spacial score (nSPS) is 15.3. The topological polar surface area (TPSA) is 25.6 Å². The minimum atomic E-state index is 0.777. The van der Waals surface area contributed by atoms with Crippen molar-refractivity contribution in [2.75, 3.05) is 20.2 Å². The average Bonchev–Trinajstić information content (AvgIpc) is 3.15. The maximum absolute atomic E-state index is 6.19. The smallest absolute Gasteiger partial charge is 0.135 e. The maximum Gasteiger partial charge on any atom is 0.135 e. The highest BCUT2D eigenvalue weighted by Gasteiger charge is 2.22. The van der Waals surface area contributed by atoms with Crippen molar-refractivity contribution in [2.24, 2.45) is 5.92 Å². The Morgan fingerprint density at radius 3 is 2.31 bits per heavy atom. The fraction of sp³-hybridized carbons (Fsp3) is 0.310. The predicted octanol–water partition coefficient (Wildman–Crippen LogP) is 6.87. The Balaban J connectivity index is 1.33. The van der Waals surface area contributed by atoms with Crippen LogP contribution in [0, 0.1) is 12.8 Å². The van der Waals surface area contributed by atoms with Gasteiger partial charge in [0, 0.05) is 23.1 Å². The first-order valence-electron chi connectivity index (χ1n) is 11.6. The third-order valence-corrected chi connectivity index (χ3v) is 6.80. The van der Waals surface area contributed by atoms with Crippen molar-refractivity contribution in [1.82, 2.24) is 4.90 Å². The molecule has 1 aliphatic rings. The number of hydrogen-bond acceptors (Lipinski definition) is 3. The summed E-state index contributed by atoms with van der Waals surface area (Å²) in [5.74, 6) is 2.67. The van der Waals surface area contributed by atoms with Gasteiger partial charge in [0.2, 0.25) is 0 Å². The van der Waals surface area contributed by atoms with Crippen LogP contribution < -0.4 is 4.74 Å². The molecular weight excluding hydrogens is 394 g/mol. The first-order chi connectivity index (χ1) is 15.7. The molecule has 0 amide bonds. The summed E-state index contributed by atoms with van der Waals surface area (Å²) in [7, 11) is 1.77. The highest BCUT2D eigenvalue weighted by molar-refractivity contribution is 5.97. The van der Waals surface area contributed by atoms with Gasteiger partial charge < -0.3 is 9.15 Å². The third kappa shape index (κ3) is 4.31. The Morgan fingerprint density at radius 2 is 1.62 bits per heavy atom. The molecule has 3 aromatic carbocycles. The van der Waals surface area contributed by atoms with Crippen LogP contribution in [-0.2, 0) is 13.0 Å². The maximum atomic E-state index is 6.19. The van der Waals surface area contributed by atoms with E-state index in [2.05, 4.69) is 71.6 Å². The van der Waals surface area contributed by atoms with Crippen molar-refractivity contribution in [1.29, 1.82) is 0 Å². The monoisotopic (exact) mass is 425 g/mol. The SMILES string of the molecule is COc1cc2c(-c3ccccc3)c(C)oc2cc1CN1CCC(Cc2ccccc2)CC1. The molecule has 0 unspecified atom stereocenters. The molecule has 32 heavy (non-hydrogen) atoms. The lowest BCUT2D eigenvalue weighted by molar-refractivity contribution is 0.175. The fourth-order valence-electron chi connectivity index (χ4n) is 5.10. The largest absolute Gasteiger partial charge is 0.496 e. The molecule has 1 aliphatic heterocycles. The lowest BCUT2D eigenvalue weighted by Crippen LogP contribution is -2.34. The van der Waals surface area contributed by atoms with Crippen molar-refractivity contribution in [2.45, 2.75) is 32.7 Å². The van der Waals surface area contributed by atoms with E-state index in [0.717, 1.165) is 53.6 Å². The van der Waals surface area contributed by atoms with E-state index in [1.165, 1.54) is 36.0 Å². The van der Waals surface area contributed by atoms with E-state index in [9.17, 15) is 0 Å². The first-order valence-corrected chi connectivity index (χ1v) is 11.6. The first kappa shape index (κ1) is 20.8. The molecule has 0 N–H and O–H groups in total. The van der Waals surface area contributed by atoms with E-state index < -0.39 is 0 Å². The zero-order chi connectivity index (χ0) is 21.9. The number of aryl methyl sites for hydroxylation is 1. The number of likely N-dealkylation sites (tertiary alicyclic amines) is 1. The highest BCUT2D eigenvalue weighted by Crippen LogP contribution is 2.38. The molecule has 0 aliphatic carbocycles. The predicted molar refractivity (Wildman–Crippen MR) is 131 cm³/mol. The molecule has 3 heteroatoms. The number of piperidine rings is 1. The van der Waals surface area contributed by atoms with Crippen molar-refractivity contribution >= 4 is 11.0 Å². The summed E-state index contributed by atoms with van der Waals surface area (Å²) in [5, 5.41) is 1.12. The second-order valence-corrected chi connectivity index (χ2v) is 8.97. The van der Waals surface area contributed by atoms with E-state index in [1.54, 1.807) is 7.11 Å². The molecule has 3 nitrogen and oxygen atoms in total.